The van der Waals surface area contributed by atoms with E-state index in [2.05, 4.69) is 9.97 Å². The Morgan fingerprint density at radius 1 is 1.19 bits per heavy atom. The first-order chi connectivity index (χ1) is 12.5. The van der Waals surface area contributed by atoms with Crippen LogP contribution in [0.15, 0.2) is 47.5 Å². The normalized spacial score (nSPS) is 12.6. The van der Waals surface area contributed by atoms with Crippen molar-refractivity contribution in [3.05, 3.63) is 69.9 Å². The molecule has 0 N–H and O–H groups in total. The number of hydrogen-bond donors (Lipinski definition) is 0. The fourth-order valence-corrected chi connectivity index (χ4v) is 4.41. The number of rotatable bonds is 3. The molecule has 130 valence electrons. The number of carbonyl (C=O) groups is 1. The number of carbonyl (C=O) groups excluding carboxylic acids is 1. The fraction of sp³-hybridized carbons (Fsp3) is 0.200. The summed E-state index contributed by atoms with van der Waals surface area (Å²) in [7, 11) is 0. The molecule has 4 aromatic rings. The van der Waals surface area contributed by atoms with Crippen molar-refractivity contribution < 1.29 is 4.79 Å². The van der Waals surface area contributed by atoms with Crippen LogP contribution >= 0.6 is 11.3 Å². The molecule has 0 amide bonds. The van der Waals surface area contributed by atoms with E-state index in [1.165, 1.54) is 22.2 Å². The van der Waals surface area contributed by atoms with Crippen LogP contribution in [0.1, 0.15) is 34.6 Å². The van der Waals surface area contributed by atoms with Crippen LogP contribution in [0.5, 0.6) is 0 Å². The van der Waals surface area contributed by atoms with Crippen LogP contribution in [0, 0.1) is 13.8 Å². The second-order valence-electron chi connectivity index (χ2n) is 6.40. The van der Waals surface area contributed by atoms with Gasteiger partial charge in [-0.15, -0.1) is 11.3 Å². The molecular formula is C20H17N3O2S. The quantitative estimate of drug-likeness (QED) is 0.515. The Kier molecular flexibility index (Phi) is 3.92. The maximum atomic E-state index is 13.0. The number of pyridine rings is 1. The number of nitrogens with zero attached hydrogens (tertiary/aromatic N) is 3. The van der Waals surface area contributed by atoms with Crippen LogP contribution in [-0.4, -0.2) is 20.3 Å². The summed E-state index contributed by atoms with van der Waals surface area (Å²) < 4.78 is 1.95. The highest BCUT2D eigenvalue weighted by Crippen LogP contribution is 2.32. The van der Waals surface area contributed by atoms with Crippen molar-refractivity contribution in [2.24, 2.45) is 0 Å². The second-order valence-corrected chi connectivity index (χ2v) is 7.40. The van der Waals surface area contributed by atoms with E-state index in [-0.39, 0.29) is 11.3 Å². The van der Waals surface area contributed by atoms with Gasteiger partial charge in [-0.2, -0.15) is 0 Å². The first kappa shape index (κ1) is 16.6. The Balaban J connectivity index is 1.88. The van der Waals surface area contributed by atoms with Gasteiger partial charge in [0, 0.05) is 16.6 Å². The zero-order valence-corrected chi connectivity index (χ0v) is 15.5. The minimum Gasteiger partial charge on any atom is -0.292 e. The summed E-state index contributed by atoms with van der Waals surface area (Å²) in [6.07, 6.45) is 1.47. The Hall–Kier alpha value is -2.86. The third-order valence-electron chi connectivity index (χ3n) is 4.56. The number of Topliss-reactive ketones (excluding diaryl/α,β-unsaturated/α-hetero) is 1. The number of aromatic nitrogens is 3. The van der Waals surface area contributed by atoms with Crippen molar-refractivity contribution in [2.75, 3.05) is 0 Å². The zero-order valence-electron chi connectivity index (χ0n) is 14.7. The number of benzene rings is 1. The molecule has 0 spiro atoms. The van der Waals surface area contributed by atoms with E-state index in [1.807, 2.05) is 38.1 Å². The molecule has 5 nitrogen and oxygen atoms in total. The molecule has 3 aromatic heterocycles. The van der Waals surface area contributed by atoms with E-state index >= 15 is 0 Å². The number of fused-ring (bicyclic) bond motifs is 3. The maximum Gasteiger partial charge on any atom is 0.272 e. The van der Waals surface area contributed by atoms with Gasteiger partial charge in [-0.05, 0) is 32.4 Å². The standard InChI is InChI=1S/C20H17N3O2S/c1-11-9-12(2)22-19-15(11)16-18(26-19)20(25)23(10-21-16)13(3)17(24)14-7-5-4-6-8-14/h4-10,13H,1-3H3/t13-/m1/s1. The number of aryl methyl sites for hydroxylation is 2. The molecule has 26 heavy (non-hydrogen) atoms. The van der Waals surface area contributed by atoms with Crippen molar-refractivity contribution in [3.63, 3.8) is 0 Å². The van der Waals surface area contributed by atoms with Gasteiger partial charge in [0.15, 0.2) is 5.78 Å². The van der Waals surface area contributed by atoms with Crippen LogP contribution in [0.4, 0.5) is 0 Å². The molecule has 3 heterocycles. The Labute approximate surface area is 154 Å². The molecule has 1 aromatic carbocycles. The molecule has 0 saturated heterocycles. The van der Waals surface area contributed by atoms with Crippen molar-refractivity contribution >= 4 is 37.6 Å². The summed E-state index contributed by atoms with van der Waals surface area (Å²) in [6.45, 7) is 5.66. The molecule has 1 atom stereocenters. The van der Waals surface area contributed by atoms with Gasteiger partial charge in [0.1, 0.15) is 9.53 Å². The molecule has 0 fully saturated rings. The lowest BCUT2D eigenvalue weighted by Crippen LogP contribution is -2.28. The highest BCUT2D eigenvalue weighted by molar-refractivity contribution is 7.25. The summed E-state index contributed by atoms with van der Waals surface area (Å²) in [4.78, 5) is 35.6. The zero-order chi connectivity index (χ0) is 18.4. The third-order valence-corrected chi connectivity index (χ3v) is 5.62. The summed E-state index contributed by atoms with van der Waals surface area (Å²) >= 11 is 1.34. The molecule has 0 aliphatic carbocycles. The summed E-state index contributed by atoms with van der Waals surface area (Å²) in [6, 6.07) is 10.4. The summed E-state index contributed by atoms with van der Waals surface area (Å²) in [5.41, 5.74) is 3.00. The monoisotopic (exact) mass is 363 g/mol. The van der Waals surface area contributed by atoms with Gasteiger partial charge < -0.3 is 0 Å². The lowest BCUT2D eigenvalue weighted by molar-refractivity contribution is 0.0932. The Morgan fingerprint density at radius 3 is 2.65 bits per heavy atom. The van der Waals surface area contributed by atoms with Gasteiger partial charge in [-0.3, -0.25) is 14.2 Å². The van der Waals surface area contributed by atoms with Gasteiger partial charge in [0.05, 0.1) is 17.9 Å². The smallest absolute Gasteiger partial charge is 0.272 e. The Bertz CT molecular complexity index is 1210. The molecule has 0 radical (unpaired) electrons. The van der Waals surface area contributed by atoms with E-state index < -0.39 is 6.04 Å². The predicted octanol–water partition coefficient (Wildman–Crippen LogP) is 4.07. The second kappa shape index (κ2) is 6.14. The minimum atomic E-state index is -0.622. The Morgan fingerprint density at radius 2 is 1.92 bits per heavy atom. The van der Waals surface area contributed by atoms with Crippen molar-refractivity contribution in [1.82, 2.24) is 14.5 Å². The van der Waals surface area contributed by atoms with Gasteiger partial charge in [-0.1, -0.05) is 30.3 Å². The van der Waals surface area contributed by atoms with Crippen LogP contribution in [0.3, 0.4) is 0 Å². The van der Waals surface area contributed by atoms with Crippen molar-refractivity contribution in [3.8, 4) is 0 Å². The van der Waals surface area contributed by atoms with Gasteiger partial charge in [0.25, 0.3) is 5.56 Å². The molecule has 0 bridgehead atoms. The van der Waals surface area contributed by atoms with E-state index in [0.717, 1.165) is 21.5 Å². The lowest BCUT2D eigenvalue weighted by atomic mass is 10.1. The number of ketones is 1. The topological polar surface area (TPSA) is 64.8 Å². The van der Waals surface area contributed by atoms with Crippen LogP contribution < -0.4 is 5.56 Å². The third kappa shape index (κ3) is 2.54. The van der Waals surface area contributed by atoms with Crippen LogP contribution in [-0.2, 0) is 0 Å². The average Bonchev–Trinajstić information content (AvgIpc) is 3.01. The predicted molar refractivity (Wildman–Crippen MR) is 104 cm³/mol. The van der Waals surface area contributed by atoms with E-state index in [9.17, 15) is 9.59 Å². The SMILES string of the molecule is Cc1cc(C)c2c(n1)sc1c(=O)n([C@H](C)C(=O)c3ccccc3)cnc12. The summed E-state index contributed by atoms with van der Waals surface area (Å²) in [5, 5.41) is 0.918. The van der Waals surface area contributed by atoms with Gasteiger partial charge in [-0.25, -0.2) is 9.97 Å². The molecule has 4 rings (SSSR count). The number of hydrogen-bond acceptors (Lipinski definition) is 5. The number of thiophene rings is 1. The molecule has 0 unspecified atom stereocenters. The van der Waals surface area contributed by atoms with Crippen LogP contribution in [0.25, 0.3) is 20.4 Å². The molecule has 0 aliphatic rings. The maximum absolute atomic E-state index is 13.0. The van der Waals surface area contributed by atoms with Crippen molar-refractivity contribution in [2.45, 2.75) is 26.8 Å². The molecular weight excluding hydrogens is 346 g/mol. The minimum absolute atomic E-state index is 0.111. The fourth-order valence-electron chi connectivity index (χ4n) is 3.23. The van der Waals surface area contributed by atoms with Crippen molar-refractivity contribution in [1.29, 1.82) is 0 Å². The molecule has 0 saturated carbocycles. The van der Waals surface area contributed by atoms with E-state index in [0.29, 0.717) is 15.8 Å². The highest BCUT2D eigenvalue weighted by atomic mass is 32.1. The van der Waals surface area contributed by atoms with Gasteiger partial charge in [0.2, 0.25) is 0 Å². The van der Waals surface area contributed by atoms with Gasteiger partial charge >= 0.3 is 0 Å². The highest BCUT2D eigenvalue weighted by Gasteiger charge is 2.21. The van der Waals surface area contributed by atoms with E-state index in [1.54, 1.807) is 19.1 Å². The summed E-state index contributed by atoms with van der Waals surface area (Å²) in [5.74, 6) is -0.111. The average molecular weight is 363 g/mol. The first-order valence-corrected chi connectivity index (χ1v) is 9.16. The largest absolute Gasteiger partial charge is 0.292 e. The first-order valence-electron chi connectivity index (χ1n) is 8.34. The molecule has 0 aliphatic heterocycles. The van der Waals surface area contributed by atoms with Crippen LogP contribution in [0.2, 0.25) is 0 Å². The van der Waals surface area contributed by atoms with E-state index in [4.69, 9.17) is 0 Å². The molecule has 6 heteroatoms. The lowest BCUT2D eigenvalue weighted by Gasteiger charge is -2.13.